The lowest BCUT2D eigenvalue weighted by Gasteiger charge is -2.31. The third-order valence-corrected chi connectivity index (χ3v) is 7.79. The Balaban J connectivity index is 1.13. The monoisotopic (exact) mass is 498 g/mol. The van der Waals surface area contributed by atoms with Crippen molar-refractivity contribution >= 4 is 34.8 Å². The fourth-order valence-electron chi connectivity index (χ4n) is 5.68. The summed E-state index contributed by atoms with van der Waals surface area (Å²) < 4.78 is 11.4. The first-order chi connectivity index (χ1) is 18.0. The minimum absolute atomic E-state index is 0.0603. The fourth-order valence-corrected chi connectivity index (χ4v) is 5.68. The molecule has 1 saturated carbocycles. The molecule has 10 heteroatoms. The van der Waals surface area contributed by atoms with Gasteiger partial charge in [0, 0.05) is 24.8 Å². The van der Waals surface area contributed by atoms with Crippen molar-refractivity contribution in [3.63, 3.8) is 0 Å². The van der Waals surface area contributed by atoms with E-state index in [4.69, 9.17) is 9.47 Å². The Morgan fingerprint density at radius 1 is 1.14 bits per heavy atom. The Bertz CT molecular complexity index is 1420. The van der Waals surface area contributed by atoms with E-state index in [0.29, 0.717) is 42.1 Å². The molecule has 7 rings (SSSR count). The first-order valence-electron chi connectivity index (χ1n) is 12.6. The summed E-state index contributed by atoms with van der Waals surface area (Å²) in [7, 11) is 1.57. The van der Waals surface area contributed by atoms with Gasteiger partial charge in [-0.05, 0) is 49.4 Å². The Morgan fingerprint density at radius 2 is 1.97 bits per heavy atom. The number of carbonyl (C=O) groups excluding carboxylic acids is 2. The molecule has 3 aliphatic heterocycles. The molecule has 188 valence electrons. The van der Waals surface area contributed by atoms with E-state index in [1.54, 1.807) is 19.5 Å². The highest BCUT2D eigenvalue weighted by Gasteiger charge is 2.60. The van der Waals surface area contributed by atoms with E-state index in [9.17, 15) is 9.59 Å². The number of hydrogen-bond acceptors (Lipinski definition) is 8. The molecule has 3 fully saturated rings. The molecule has 0 radical (unpaired) electrons. The van der Waals surface area contributed by atoms with Crippen LogP contribution in [0.4, 0.5) is 23.0 Å². The molecule has 37 heavy (non-hydrogen) atoms. The number of rotatable bonds is 5. The van der Waals surface area contributed by atoms with Crippen LogP contribution >= 0.6 is 0 Å². The van der Waals surface area contributed by atoms with Gasteiger partial charge in [-0.15, -0.1) is 0 Å². The minimum Gasteiger partial charge on any atom is -0.480 e. The number of pyridine rings is 1. The highest BCUT2D eigenvalue weighted by Crippen LogP contribution is 2.58. The van der Waals surface area contributed by atoms with Gasteiger partial charge in [0.05, 0.1) is 36.0 Å². The van der Waals surface area contributed by atoms with E-state index >= 15 is 0 Å². The minimum atomic E-state index is -0.187. The molecule has 1 aromatic carbocycles. The maximum absolute atomic E-state index is 13.1. The largest absolute Gasteiger partial charge is 0.480 e. The van der Waals surface area contributed by atoms with Gasteiger partial charge in [0.15, 0.2) is 0 Å². The highest BCUT2D eigenvalue weighted by atomic mass is 16.5. The van der Waals surface area contributed by atoms with Crippen molar-refractivity contribution in [2.75, 3.05) is 35.4 Å². The second kappa shape index (κ2) is 8.16. The lowest BCUT2D eigenvalue weighted by molar-refractivity contribution is -0.121. The molecule has 4 aliphatic rings. The number of fused-ring (bicyclic) bond motifs is 3. The molecule has 3 aromatic rings. The molecule has 1 spiro atoms. The van der Waals surface area contributed by atoms with E-state index in [0.717, 1.165) is 49.0 Å². The number of ether oxygens (including phenoxy) is 2. The Labute approximate surface area is 213 Å². The molecule has 1 N–H and O–H groups in total. The maximum atomic E-state index is 13.1. The summed E-state index contributed by atoms with van der Waals surface area (Å²) in [6.07, 6.45) is 7.60. The lowest BCUT2D eigenvalue weighted by Crippen LogP contribution is -2.41. The normalized spacial score (nSPS) is 21.1. The molecule has 1 atom stereocenters. The predicted octanol–water partition coefficient (Wildman–Crippen LogP) is 3.70. The van der Waals surface area contributed by atoms with Crippen LogP contribution in [0.2, 0.25) is 0 Å². The summed E-state index contributed by atoms with van der Waals surface area (Å²) in [5, 5.41) is 3.19. The van der Waals surface area contributed by atoms with Crippen LogP contribution in [0, 0.1) is 5.41 Å². The second-order valence-electron chi connectivity index (χ2n) is 10.1. The van der Waals surface area contributed by atoms with Crippen molar-refractivity contribution in [2.45, 2.75) is 38.1 Å². The second-order valence-corrected chi connectivity index (χ2v) is 10.1. The molecule has 1 aliphatic carbocycles. The van der Waals surface area contributed by atoms with Crippen LogP contribution in [0.1, 0.15) is 32.1 Å². The van der Waals surface area contributed by atoms with Crippen LogP contribution in [0.25, 0.3) is 11.1 Å². The van der Waals surface area contributed by atoms with Gasteiger partial charge in [-0.1, -0.05) is 12.1 Å². The molecule has 0 unspecified atom stereocenters. The summed E-state index contributed by atoms with van der Waals surface area (Å²) in [5.74, 6) is 1.58. The molecule has 2 aromatic heterocycles. The SMILES string of the molecule is COc1nc(Nc2cnc3c(c2)N2C(=O)C4(CC4)C[C@H]2CO3)ncc1-c1ccc(N2CCCC2=O)cc1. The van der Waals surface area contributed by atoms with Crippen molar-refractivity contribution in [1.29, 1.82) is 0 Å². The third kappa shape index (κ3) is 3.58. The van der Waals surface area contributed by atoms with Crippen LogP contribution in [0.5, 0.6) is 11.8 Å². The number of amides is 2. The quantitative estimate of drug-likeness (QED) is 0.567. The topological polar surface area (TPSA) is 110 Å². The summed E-state index contributed by atoms with van der Waals surface area (Å²) >= 11 is 0. The Kier molecular flexibility index (Phi) is 4.85. The summed E-state index contributed by atoms with van der Waals surface area (Å²) in [6, 6.07) is 9.69. The smallest absolute Gasteiger partial charge is 0.238 e. The molecule has 5 heterocycles. The zero-order valence-electron chi connectivity index (χ0n) is 20.4. The highest BCUT2D eigenvalue weighted by molar-refractivity contribution is 6.04. The number of nitrogens with one attached hydrogen (secondary N) is 1. The fraction of sp³-hybridized carbons (Fsp3) is 0.370. The molecule has 2 saturated heterocycles. The van der Waals surface area contributed by atoms with Gasteiger partial charge in [0.2, 0.25) is 29.5 Å². The summed E-state index contributed by atoms with van der Waals surface area (Å²) in [4.78, 5) is 42.3. The van der Waals surface area contributed by atoms with Gasteiger partial charge in [0.1, 0.15) is 12.3 Å². The van der Waals surface area contributed by atoms with E-state index in [2.05, 4.69) is 20.3 Å². The van der Waals surface area contributed by atoms with Gasteiger partial charge in [-0.25, -0.2) is 9.97 Å². The average Bonchev–Trinajstić information content (AvgIpc) is 3.49. The van der Waals surface area contributed by atoms with Crippen LogP contribution in [-0.2, 0) is 9.59 Å². The van der Waals surface area contributed by atoms with Crippen molar-refractivity contribution in [3.8, 4) is 22.9 Å². The van der Waals surface area contributed by atoms with Crippen molar-refractivity contribution in [3.05, 3.63) is 42.7 Å². The molecular weight excluding hydrogens is 472 g/mol. The van der Waals surface area contributed by atoms with Crippen LogP contribution in [-0.4, -0.2) is 53.1 Å². The number of nitrogens with zero attached hydrogens (tertiary/aromatic N) is 5. The standard InChI is InChI=1S/C27H26N6O4/c1-36-23-20(16-4-6-18(7-5-16)32-10-2-3-22(32)34)14-29-26(31-23)30-17-11-21-24(28-13-17)37-15-19-12-27(8-9-27)25(35)33(19)21/h4-7,11,13-14,19H,2-3,8-10,12,15H2,1H3,(H,29,30,31)/t19-/m0/s1. The number of carbonyl (C=O) groups is 2. The number of anilines is 4. The Hall–Kier alpha value is -4.21. The first kappa shape index (κ1) is 22.0. The average molecular weight is 499 g/mol. The van der Waals surface area contributed by atoms with Crippen LogP contribution in [0.3, 0.4) is 0 Å². The van der Waals surface area contributed by atoms with Crippen LogP contribution < -0.4 is 24.6 Å². The van der Waals surface area contributed by atoms with Crippen molar-refractivity contribution < 1.29 is 19.1 Å². The number of benzene rings is 1. The van der Waals surface area contributed by atoms with Gasteiger partial charge in [-0.2, -0.15) is 4.98 Å². The van der Waals surface area contributed by atoms with E-state index in [-0.39, 0.29) is 23.3 Å². The third-order valence-electron chi connectivity index (χ3n) is 7.79. The number of methoxy groups -OCH3 is 1. The lowest BCUT2D eigenvalue weighted by atomic mass is 10.0. The van der Waals surface area contributed by atoms with E-state index in [1.165, 1.54) is 0 Å². The summed E-state index contributed by atoms with van der Waals surface area (Å²) in [5.41, 5.74) is 3.67. The number of hydrogen-bond donors (Lipinski definition) is 1. The summed E-state index contributed by atoms with van der Waals surface area (Å²) in [6.45, 7) is 1.24. The van der Waals surface area contributed by atoms with Crippen molar-refractivity contribution in [2.24, 2.45) is 5.41 Å². The van der Waals surface area contributed by atoms with Gasteiger partial charge >= 0.3 is 0 Å². The zero-order valence-corrected chi connectivity index (χ0v) is 20.4. The van der Waals surface area contributed by atoms with Gasteiger partial charge in [-0.3, -0.25) is 9.59 Å². The first-order valence-corrected chi connectivity index (χ1v) is 12.6. The number of aromatic nitrogens is 3. The molecule has 2 amide bonds. The van der Waals surface area contributed by atoms with Gasteiger partial charge in [0.25, 0.3) is 0 Å². The van der Waals surface area contributed by atoms with Gasteiger partial charge < -0.3 is 24.6 Å². The van der Waals surface area contributed by atoms with E-state index < -0.39 is 0 Å². The zero-order chi connectivity index (χ0) is 25.1. The Morgan fingerprint density at radius 3 is 2.70 bits per heavy atom. The molecular formula is C27H26N6O4. The molecule has 10 nitrogen and oxygen atoms in total. The maximum Gasteiger partial charge on any atom is 0.238 e. The van der Waals surface area contributed by atoms with Crippen molar-refractivity contribution in [1.82, 2.24) is 15.0 Å². The van der Waals surface area contributed by atoms with E-state index in [1.807, 2.05) is 40.1 Å². The molecule has 0 bridgehead atoms. The predicted molar refractivity (Wildman–Crippen MR) is 136 cm³/mol. The van der Waals surface area contributed by atoms with Crippen LogP contribution in [0.15, 0.2) is 42.7 Å².